The Hall–Kier alpha value is -0.570. The first-order valence-electron chi connectivity index (χ1n) is 4.30. The molecular formula is C8H16N2O. The van der Waals surface area contributed by atoms with Crippen molar-refractivity contribution in [1.82, 2.24) is 10.6 Å². The van der Waals surface area contributed by atoms with Crippen molar-refractivity contribution >= 4 is 5.91 Å². The second kappa shape index (κ2) is 4.34. The third-order valence-corrected chi connectivity index (χ3v) is 2.01. The molecule has 3 heteroatoms. The van der Waals surface area contributed by atoms with Gasteiger partial charge in [0, 0.05) is 13.0 Å². The maximum absolute atomic E-state index is 11.1. The molecule has 1 aliphatic heterocycles. The Labute approximate surface area is 67.5 Å². The standard InChI is InChI=1S/C8H16N2O/c1-2-10-8(11)5-7-3-4-9-6-7/h7,9H,2-6H2,1H3,(H,10,11). The van der Waals surface area contributed by atoms with Gasteiger partial charge in [-0.3, -0.25) is 4.79 Å². The summed E-state index contributed by atoms with van der Waals surface area (Å²) in [7, 11) is 0. The summed E-state index contributed by atoms with van der Waals surface area (Å²) in [6, 6.07) is 0. The molecule has 0 bridgehead atoms. The number of carbonyl (C=O) groups is 1. The van der Waals surface area contributed by atoms with Crippen molar-refractivity contribution < 1.29 is 4.79 Å². The SMILES string of the molecule is CCNC(=O)CC1CCNC1. The highest BCUT2D eigenvalue weighted by molar-refractivity contribution is 5.76. The minimum atomic E-state index is 0.196. The first-order valence-corrected chi connectivity index (χ1v) is 4.30. The summed E-state index contributed by atoms with van der Waals surface area (Å²) in [5.74, 6) is 0.766. The van der Waals surface area contributed by atoms with E-state index in [-0.39, 0.29) is 5.91 Å². The van der Waals surface area contributed by atoms with E-state index in [0.29, 0.717) is 12.3 Å². The number of hydrogen-bond donors (Lipinski definition) is 2. The zero-order valence-corrected chi connectivity index (χ0v) is 7.02. The molecule has 0 aromatic rings. The molecule has 0 aromatic carbocycles. The van der Waals surface area contributed by atoms with Crippen LogP contribution in [0, 0.1) is 5.92 Å². The van der Waals surface area contributed by atoms with Gasteiger partial charge in [-0.2, -0.15) is 0 Å². The van der Waals surface area contributed by atoms with Crippen LogP contribution in [0.15, 0.2) is 0 Å². The van der Waals surface area contributed by atoms with Crippen molar-refractivity contribution in [3.8, 4) is 0 Å². The van der Waals surface area contributed by atoms with E-state index in [2.05, 4.69) is 10.6 Å². The van der Waals surface area contributed by atoms with Crippen molar-refractivity contribution in [2.75, 3.05) is 19.6 Å². The van der Waals surface area contributed by atoms with Gasteiger partial charge >= 0.3 is 0 Å². The molecule has 1 saturated heterocycles. The Morgan fingerprint density at radius 3 is 3.09 bits per heavy atom. The number of rotatable bonds is 3. The van der Waals surface area contributed by atoms with Crippen LogP contribution in [0.4, 0.5) is 0 Å². The molecule has 1 unspecified atom stereocenters. The number of carbonyl (C=O) groups excluding carboxylic acids is 1. The van der Waals surface area contributed by atoms with E-state index >= 15 is 0 Å². The molecule has 0 spiro atoms. The van der Waals surface area contributed by atoms with Gasteiger partial charge in [0.25, 0.3) is 0 Å². The third-order valence-electron chi connectivity index (χ3n) is 2.01. The topological polar surface area (TPSA) is 41.1 Å². The summed E-state index contributed by atoms with van der Waals surface area (Å²) in [4.78, 5) is 11.1. The molecule has 64 valence electrons. The fourth-order valence-corrected chi connectivity index (χ4v) is 1.42. The lowest BCUT2D eigenvalue weighted by atomic mass is 10.1. The lowest BCUT2D eigenvalue weighted by molar-refractivity contribution is -0.121. The van der Waals surface area contributed by atoms with Crippen LogP contribution in [0.2, 0.25) is 0 Å². The van der Waals surface area contributed by atoms with Crippen LogP contribution in [0.1, 0.15) is 19.8 Å². The molecule has 1 rings (SSSR count). The summed E-state index contributed by atoms with van der Waals surface area (Å²) in [5, 5.41) is 6.05. The van der Waals surface area contributed by atoms with E-state index in [1.54, 1.807) is 0 Å². The molecule has 0 radical (unpaired) electrons. The first kappa shape index (κ1) is 8.53. The minimum absolute atomic E-state index is 0.196. The molecule has 1 heterocycles. The van der Waals surface area contributed by atoms with Gasteiger partial charge in [-0.05, 0) is 32.4 Å². The Balaban J connectivity index is 2.13. The highest BCUT2D eigenvalue weighted by Crippen LogP contribution is 2.11. The van der Waals surface area contributed by atoms with E-state index in [4.69, 9.17) is 0 Å². The monoisotopic (exact) mass is 156 g/mol. The van der Waals surface area contributed by atoms with Gasteiger partial charge in [0.2, 0.25) is 5.91 Å². The highest BCUT2D eigenvalue weighted by atomic mass is 16.1. The summed E-state index contributed by atoms with van der Waals surface area (Å²) < 4.78 is 0. The molecule has 1 aliphatic rings. The van der Waals surface area contributed by atoms with Crippen LogP contribution in [0.25, 0.3) is 0 Å². The predicted octanol–water partition coefficient (Wildman–Crippen LogP) is 0.122. The smallest absolute Gasteiger partial charge is 0.220 e. The van der Waals surface area contributed by atoms with Crippen LogP contribution in [-0.2, 0) is 4.79 Å². The van der Waals surface area contributed by atoms with E-state index in [0.717, 1.165) is 26.1 Å². The summed E-state index contributed by atoms with van der Waals surface area (Å²) >= 11 is 0. The molecule has 1 amide bonds. The van der Waals surface area contributed by atoms with Crippen LogP contribution in [-0.4, -0.2) is 25.5 Å². The molecule has 1 atom stereocenters. The average molecular weight is 156 g/mol. The maximum Gasteiger partial charge on any atom is 0.220 e. The molecule has 3 nitrogen and oxygen atoms in total. The lowest BCUT2D eigenvalue weighted by Gasteiger charge is -2.06. The van der Waals surface area contributed by atoms with Gasteiger partial charge in [0.05, 0.1) is 0 Å². The van der Waals surface area contributed by atoms with Gasteiger partial charge in [0.1, 0.15) is 0 Å². The van der Waals surface area contributed by atoms with Crippen LogP contribution < -0.4 is 10.6 Å². The third kappa shape index (κ3) is 2.89. The molecule has 2 N–H and O–H groups in total. The Morgan fingerprint density at radius 1 is 1.73 bits per heavy atom. The van der Waals surface area contributed by atoms with Gasteiger partial charge < -0.3 is 10.6 Å². The fourth-order valence-electron chi connectivity index (χ4n) is 1.42. The molecule has 0 saturated carbocycles. The van der Waals surface area contributed by atoms with Crippen molar-refractivity contribution in [1.29, 1.82) is 0 Å². The molecule has 0 aliphatic carbocycles. The molecule has 0 aromatic heterocycles. The summed E-state index contributed by atoms with van der Waals surface area (Å²) in [6.07, 6.45) is 1.85. The zero-order chi connectivity index (χ0) is 8.10. The van der Waals surface area contributed by atoms with Crippen LogP contribution in [0.3, 0.4) is 0 Å². The molecule has 11 heavy (non-hydrogen) atoms. The number of amides is 1. The van der Waals surface area contributed by atoms with E-state index in [9.17, 15) is 4.79 Å². The second-order valence-corrected chi connectivity index (χ2v) is 3.02. The minimum Gasteiger partial charge on any atom is -0.356 e. The van der Waals surface area contributed by atoms with E-state index in [1.165, 1.54) is 0 Å². The van der Waals surface area contributed by atoms with Gasteiger partial charge in [-0.15, -0.1) is 0 Å². The normalized spacial score (nSPS) is 23.5. The summed E-state index contributed by atoms with van der Waals surface area (Å²) in [6.45, 7) is 4.78. The van der Waals surface area contributed by atoms with Crippen molar-refractivity contribution in [3.63, 3.8) is 0 Å². The Bertz CT molecular complexity index is 130. The largest absolute Gasteiger partial charge is 0.356 e. The predicted molar refractivity (Wildman–Crippen MR) is 44.3 cm³/mol. The lowest BCUT2D eigenvalue weighted by Crippen LogP contribution is -2.25. The molecule has 1 fully saturated rings. The number of nitrogens with one attached hydrogen (secondary N) is 2. The fraction of sp³-hybridized carbons (Fsp3) is 0.875. The van der Waals surface area contributed by atoms with Crippen molar-refractivity contribution in [2.24, 2.45) is 5.92 Å². The quantitative estimate of drug-likeness (QED) is 0.609. The Kier molecular flexibility index (Phi) is 3.36. The number of hydrogen-bond acceptors (Lipinski definition) is 2. The van der Waals surface area contributed by atoms with E-state index in [1.807, 2.05) is 6.92 Å². The van der Waals surface area contributed by atoms with Crippen LogP contribution in [0.5, 0.6) is 0 Å². The van der Waals surface area contributed by atoms with E-state index < -0.39 is 0 Å². The Morgan fingerprint density at radius 2 is 2.55 bits per heavy atom. The summed E-state index contributed by atoms with van der Waals surface area (Å²) in [5.41, 5.74) is 0. The van der Waals surface area contributed by atoms with Gasteiger partial charge in [-0.25, -0.2) is 0 Å². The maximum atomic E-state index is 11.1. The molecular weight excluding hydrogens is 140 g/mol. The van der Waals surface area contributed by atoms with Crippen LogP contribution >= 0.6 is 0 Å². The zero-order valence-electron chi connectivity index (χ0n) is 7.02. The van der Waals surface area contributed by atoms with Crippen molar-refractivity contribution in [2.45, 2.75) is 19.8 Å². The average Bonchev–Trinajstić information content (AvgIpc) is 2.40. The van der Waals surface area contributed by atoms with Gasteiger partial charge in [0.15, 0.2) is 0 Å². The van der Waals surface area contributed by atoms with Crippen molar-refractivity contribution in [3.05, 3.63) is 0 Å². The second-order valence-electron chi connectivity index (χ2n) is 3.02. The first-order chi connectivity index (χ1) is 5.33. The van der Waals surface area contributed by atoms with Gasteiger partial charge in [-0.1, -0.05) is 0 Å². The highest BCUT2D eigenvalue weighted by Gasteiger charge is 2.16.